The average molecular weight is 354 g/mol. The normalized spacial score (nSPS) is 11.0. The van der Waals surface area contributed by atoms with Gasteiger partial charge in [0.25, 0.3) is 5.91 Å². The summed E-state index contributed by atoms with van der Waals surface area (Å²) in [6.45, 7) is 11.3. The smallest absolute Gasteiger partial charge is 0.251 e. The van der Waals surface area contributed by atoms with Crippen LogP contribution in [-0.2, 0) is 9.59 Å². The first-order chi connectivity index (χ1) is 12.1. The Labute approximate surface area is 150 Å². The number of amides is 2. The lowest BCUT2D eigenvalue weighted by molar-refractivity contribution is -0.133. The van der Waals surface area contributed by atoms with Crippen molar-refractivity contribution in [3.63, 3.8) is 0 Å². The molecule has 6 heteroatoms. The maximum atomic E-state index is 12.6. The van der Waals surface area contributed by atoms with Gasteiger partial charge in [-0.25, -0.2) is 4.39 Å². The lowest BCUT2D eigenvalue weighted by Gasteiger charge is -2.30. The molecule has 0 radical (unpaired) electrons. The van der Waals surface area contributed by atoms with Gasteiger partial charge < -0.3 is 15.0 Å². The number of nitrogens with one attached hydrogen (secondary N) is 1. The third-order valence-corrected chi connectivity index (χ3v) is 2.88. The number of nitrogens with zero attached hydrogens (tertiary/aromatic N) is 1. The van der Waals surface area contributed by atoms with Gasteiger partial charge in [0.2, 0.25) is 5.91 Å². The zero-order chi connectivity index (χ0) is 19.7. The highest BCUT2D eigenvalue weighted by molar-refractivity contribution is 5.96. The Morgan fingerprint density at radius 1 is 1.12 bits per heavy atom. The molecule has 1 saturated heterocycles. The van der Waals surface area contributed by atoms with E-state index in [-0.39, 0.29) is 18.4 Å². The Morgan fingerprint density at radius 2 is 1.60 bits per heavy atom. The number of carbonyl (C=O) groups is 3. The van der Waals surface area contributed by atoms with E-state index < -0.39 is 5.82 Å². The Balaban J connectivity index is 0. The topological polar surface area (TPSA) is 66.5 Å². The number of rotatable bonds is 4. The number of hydrogen-bond donors (Lipinski definition) is 1. The van der Waals surface area contributed by atoms with Gasteiger partial charge in [0.15, 0.2) is 0 Å². The number of likely N-dealkylation sites (tertiary alicyclic amines) is 1. The zero-order valence-corrected chi connectivity index (χ0v) is 16.0. The van der Waals surface area contributed by atoms with Crippen LogP contribution < -0.4 is 5.32 Å². The van der Waals surface area contributed by atoms with Crippen LogP contribution >= 0.6 is 0 Å². The monoisotopic (exact) mass is 354 g/mol. The van der Waals surface area contributed by atoms with E-state index >= 15 is 0 Å². The van der Waals surface area contributed by atoms with Crippen LogP contribution in [0, 0.1) is 5.82 Å². The molecule has 2 rings (SSSR count). The van der Waals surface area contributed by atoms with Crippen molar-refractivity contribution in [2.24, 2.45) is 0 Å². The predicted octanol–water partition coefficient (Wildman–Crippen LogP) is 3.44. The second kappa shape index (κ2) is 16.6. The van der Waals surface area contributed by atoms with Gasteiger partial charge in [-0.05, 0) is 30.7 Å². The van der Waals surface area contributed by atoms with Crippen molar-refractivity contribution in [3.05, 3.63) is 35.6 Å². The SMILES string of the molecule is CC.CC.CCC=O.O=C(NCC(=O)N1CCC1)c1ccc(F)cc1. The summed E-state index contributed by atoms with van der Waals surface area (Å²) in [5, 5.41) is 2.51. The first kappa shape index (κ1) is 25.0. The van der Waals surface area contributed by atoms with Gasteiger partial charge in [-0.15, -0.1) is 0 Å². The molecule has 0 spiro atoms. The number of halogens is 1. The molecule has 1 heterocycles. The van der Waals surface area contributed by atoms with Crippen molar-refractivity contribution >= 4 is 18.1 Å². The van der Waals surface area contributed by atoms with E-state index in [0.717, 1.165) is 25.8 Å². The molecular weight excluding hydrogens is 323 g/mol. The van der Waals surface area contributed by atoms with Crippen LogP contribution in [0.2, 0.25) is 0 Å². The van der Waals surface area contributed by atoms with Crippen LogP contribution in [0.3, 0.4) is 0 Å². The molecule has 0 bridgehead atoms. The standard InChI is InChI=1S/C12H13FN2O2.C3H6O.2C2H6/c13-10-4-2-9(3-5-10)12(17)14-8-11(16)15-6-1-7-15;1-2-3-4;2*1-2/h2-5H,1,6-8H2,(H,14,17);3H,2H2,1H3;2*1-2H3. The Kier molecular flexibility index (Phi) is 16.6. The molecule has 142 valence electrons. The fourth-order valence-electron chi connectivity index (χ4n) is 1.54. The van der Waals surface area contributed by atoms with Crippen molar-refractivity contribution in [3.8, 4) is 0 Å². The van der Waals surface area contributed by atoms with E-state index in [4.69, 9.17) is 0 Å². The fourth-order valence-corrected chi connectivity index (χ4v) is 1.54. The zero-order valence-electron chi connectivity index (χ0n) is 16.0. The highest BCUT2D eigenvalue weighted by Crippen LogP contribution is 2.05. The lowest BCUT2D eigenvalue weighted by Crippen LogP contribution is -2.47. The Hall–Kier alpha value is -2.24. The van der Waals surface area contributed by atoms with Gasteiger partial charge in [-0.2, -0.15) is 0 Å². The molecule has 2 amide bonds. The largest absolute Gasteiger partial charge is 0.343 e. The summed E-state index contributed by atoms with van der Waals surface area (Å²) in [6.07, 6.45) is 2.54. The van der Waals surface area contributed by atoms with Gasteiger partial charge in [0.05, 0.1) is 6.54 Å². The molecule has 0 aliphatic carbocycles. The summed E-state index contributed by atoms with van der Waals surface area (Å²) >= 11 is 0. The molecule has 0 aromatic heterocycles. The van der Waals surface area contributed by atoms with Crippen molar-refractivity contribution in [2.75, 3.05) is 19.6 Å². The number of benzene rings is 1. The van der Waals surface area contributed by atoms with Crippen LogP contribution in [0.1, 0.15) is 57.8 Å². The van der Waals surface area contributed by atoms with Crippen molar-refractivity contribution in [2.45, 2.75) is 47.5 Å². The summed E-state index contributed by atoms with van der Waals surface area (Å²) in [5.41, 5.74) is 0.350. The minimum Gasteiger partial charge on any atom is -0.343 e. The molecule has 1 aromatic carbocycles. The highest BCUT2D eigenvalue weighted by Gasteiger charge is 2.20. The maximum Gasteiger partial charge on any atom is 0.251 e. The van der Waals surface area contributed by atoms with E-state index in [1.165, 1.54) is 24.3 Å². The van der Waals surface area contributed by atoms with E-state index in [1.54, 1.807) is 4.90 Å². The molecule has 1 fully saturated rings. The first-order valence-electron chi connectivity index (χ1n) is 8.83. The van der Waals surface area contributed by atoms with Gasteiger partial charge in [-0.3, -0.25) is 9.59 Å². The molecule has 1 aliphatic rings. The maximum absolute atomic E-state index is 12.6. The summed E-state index contributed by atoms with van der Waals surface area (Å²) in [6, 6.07) is 5.20. The van der Waals surface area contributed by atoms with E-state index in [1.807, 2.05) is 34.6 Å². The first-order valence-corrected chi connectivity index (χ1v) is 8.83. The van der Waals surface area contributed by atoms with E-state index in [2.05, 4.69) is 5.32 Å². The average Bonchev–Trinajstić information content (AvgIpc) is 2.62. The molecule has 0 saturated carbocycles. The lowest BCUT2D eigenvalue weighted by atomic mass is 10.2. The summed E-state index contributed by atoms with van der Waals surface area (Å²) in [5.74, 6) is -0.830. The Morgan fingerprint density at radius 3 is 1.96 bits per heavy atom. The number of carbonyl (C=O) groups excluding carboxylic acids is 3. The van der Waals surface area contributed by atoms with E-state index in [9.17, 15) is 18.8 Å². The number of hydrogen-bond acceptors (Lipinski definition) is 3. The minimum atomic E-state index is -0.391. The summed E-state index contributed by atoms with van der Waals surface area (Å²) < 4.78 is 12.6. The van der Waals surface area contributed by atoms with Crippen LogP contribution in [-0.4, -0.2) is 42.6 Å². The van der Waals surface area contributed by atoms with Crippen molar-refractivity contribution in [1.29, 1.82) is 0 Å². The highest BCUT2D eigenvalue weighted by atomic mass is 19.1. The molecule has 0 unspecified atom stereocenters. The molecule has 25 heavy (non-hydrogen) atoms. The predicted molar refractivity (Wildman–Crippen MR) is 99.0 cm³/mol. The molecule has 1 N–H and O–H groups in total. The molecule has 0 atom stereocenters. The minimum absolute atomic E-state index is 0.00376. The molecule has 1 aromatic rings. The van der Waals surface area contributed by atoms with Crippen LogP contribution in [0.15, 0.2) is 24.3 Å². The van der Waals surface area contributed by atoms with Crippen LogP contribution in [0.25, 0.3) is 0 Å². The molecule has 1 aliphatic heterocycles. The quantitative estimate of drug-likeness (QED) is 0.842. The summed E-state index contributed by atoms with van der Waals surface area (Å²) in [4.78, 5) is 33.9. The van der Waals surface area contributed by atoms with Gasteiger partial charge in [0, 0.05) is 25.1 Å². The second-order valence-electron chi connectivity index (χ2n) is 4.50. The van der Waals surface area contributed by atoms with Crippen molar-refractivity contribution < 1.29 is 18.8 Å². The van der Waals surface area contributed by atoms with Gasteiger partial charge in [0.1, 0.15) is 12.1 Å². The van der Waals surface area contributed by atoms with Gasteiger partial charge in [-0.1, -0.05) is 34.6 Å². The second-order valence-corrected chi connectivity index (χ2v) is 4.50. The van der Waals surface area contributed by atoms with Gasteiger partial charge >= 0.3 is 0 Å². The third-order valence-electron chi connectivity index (χ3n) is 2.88. The van der Waals surface area contributed by atoms with Crippen LogP contribution in [0.5, 0.6) is 0 Å². The third kappa shape index (κ3) is 11.0. The molecule has 5 nitrogen and oxygen atoms in total. The summed E-state index contributed by atoms with van der Waals surface area (Å²) in [7, 11) is 0. The molecular formula is C19H31FN2O3. The van der Waals surface area contributed by atoms with Crippen LogP contribution in [0.4, 0.5) is 4.39 Å². The Bertz CT molecular complexity index is 486. The number of aldehydes is 1. The fraction of sp³-hybridized carbons (Fsp3) is 0.526. The van der Waals surface area contributed by atoms with Crippen molar-refractivity contribution in [1.82, 2.24) is 10.2 Å². The van der Waals surface area contributed by atoms with E-state index in [0.29, 0.717) is 12.0 Å².